The molecule has 92 valence electrons. The summed E-state index contributed by atoms with van der Waals surface area (Å²) in [5, 5.41) is 3.61. The second kappa shape index (κ2) is 5.89. The van der Waals surface area contributed by atoms with Gasteiger partial charge in [-0.1, -0.05) is 54.9 Å². The predicted molar refractivity (Wildman–Crippen MR) is 70.2 cm³/mol. The van der Waals surface area contributed by atoms with E-state index in [2.05, 4.69) is 53.8 Å². The van der Waals surface area contributed by atoms with Crippen LogP contribution in [0.5, 0.6) is 0 Å². The lowest BCUT2D eigenvalue weighted by atomic mass is 9.81. The van der Waals surface area contributed by atoms with Gasteiger partial charge in [-0.05, 0) is 30.2 Å². The van der Waals surface area contributed by atoms with Crippen molar-refractivity contribution >= 4 is 0 Å². The lowest BCUT2D eigenvalue weighted by Crippen LogP contribution is -2.40. The maximum atomic E-state index is 3.61. The van der Waals surface area contributed by atoms with E-state index in [-0.39, 0.29) is 0 Å². The first kappa shape index (κ1) is 15.0. The zero-order chi connectivity index (χ0) is 12.1. The molecule has 1 atom stereocenters. The lowest BCUT2D eigenvalue weighted by Gasteiger charge is -2.32. The molecule has 0 aromatic heterocycles. The van der Waals surface area contributed by atoms with Gasteiger partial charge >= 0.3 is 0 Å². The Balaban J connectivity index is 3.98. The molecule has 1 N–H and O–H groups in total. The molecule has 0 saturated heterocycles. The monoisotopic (exact) mass is 213 g/mol. The van der Waals surface area contributed by atoms with Crippen molar-refractivity contribution in [1.29, 1.82) is 0 Å². The maximum Gasteiger partial charge on any atom is 0.0115 e. The van der Waals surface area contributed by atoms with Crippen LogP contribution in [0.15, 0.2) is 0 Å². The largest absolute Gasteiger partial charge is 0.314 e. The summed E-state index contributed by atoms with van der Waals surface area (Å²) >= 11 is 0. The van der Waals surface area contributed by atoms with Gasteiger partial charge in [0.05, 0.1) is 0 Å². The first-order valence-electron chi connectivity index (χ1n) is 6.40. The molecule has 1 unspecified atom stereocenters. The van der Waals surface area contributed by atoms with Crippen LogP contribution in [-0.4, -0.2) is 12.6 Å². The van der Waals surface area contributed by atoms with Gasteiger partial charge in [-0.2, -0.15) is 0 Å². The van der Waals surface area contributed by atoms with Crippen LogP contribution in [0.4, 0.5) is 0 Å². The van der Waals surface area contributed by atoms with E-state index >= 15 is 0 Å². The summed E-state index contributed by atoms with van der Waals surface area (Å²) in [6.07, 6.45) is 3.96. The molecule has 0 radical (unpaired) electrons. The number of nitrogens with one attached hydrogen (secondary N) is 1. The Labute approximate surface area is 97.0 Å². The third-order valence-electron chi connectivity index (χ3n) is 2.92. The van der Waals surface area contributed by atoms with Gasteiger partial charge in [0.2, 0.25) is 0 Å². The highest BCUT2D eigenvalue weighted by Crippen LogP contribution is 2.27. The average Bonchev–Trinajstić information content (AvgIpc) is 1.98. The van der Waals surface area contributed by atoms with Crippen molar-refractivity contribution in [3.63, 3.8) is 0 Å². The molecule has 0 bridgehead atoms. The van der Waals surface area contributed by atoms with Gasteiger partial charge in [0, 0.05) is 6.04 Å². The Morgan fingerprint density at radius 1 is 1.00 bits per heavy atom. The van der Waals surface area contributed by atoms with Crippen molar-refractivity contribution in [3.8, 4) is 0 Å². The van der Waals surface area contributed by atoms with Gasteiger partial charge in [0.1, 0.15) is 0 Å². The van der Waals surface area contributed by atoms with Crippen LogP contribution in [0, 0.1) is 10.8 Å². The van der Waals surface area contributed by atoms with Crippen molar-refractivity contribution in [2.24, 2.45) is 10.8 Å². The smallest absolute Gasteiger partial charge is 0.0115 e. The van der Waals surface area contributed by atoms with Gasteiger partial charge < -0.3 is 5.32 Å². The van der Waals surface area contributed by atoms with Crippen LogP contribution in [-0.2, 0) is 0 Å². The molecule has 0 rings (SSSR count). The molecule has 0 amide bonds. The zero-order valence-corrected chi connectivity index (χ0v) is 11.9. The molecule has 0 spiro atoms. The Hall–Kier alpha value is -0.0400. The molecular formula is C14H31N. The highest BCUT2D eigenvalue weighted by atomic mass is 14.9. The molecule has 0 heterocycles. The molecule has 15 heavy (non-hydrogen) atoms. The standard InChI is InChI=1S/C14H31N/c1-8-15-12(14(5,6)7)10-9-11-13(2,3)4/h12,15H,8-11H2,1-7H3. The van der Waals surface area contributed by atoms with Crippen LogP contribution < -0.4 is 5.32 Å². The van der Waals surface area contributed by atoms with Gasteiger partial charge in [0.15, 0.2) is 0 Å². The van der Waals surface area contributed by atoms with Crippen LogP contribution in [0.25, 0.3) is 0 Å². The van der Waals surface area contributed by atoms with Crippen LogP contribution in [0.2, 0.25) is 0 Å². The lowest BCUT2D eigenvalue weighted by molar-refractivity contribution is 0.240. The summed E-state index contributed by atoms with van der Waals surface area (Å²) in [5.74, 6) is 0. The molecule has 1 nitrogen and oxygen atoms in total. The summed E-state index contributed by atoms with van der Waals surface area (Å²) in [4.78, 5) is 0. The van der Waals surface area contributed by atoms with E-state index in [1.165, 1.54) is 19.3 Å². The van der Waals surface area contributed by atoms with E-state index in [0.29, 0.717) is 16.9 Å². The van der Waals surface area contributed by atoms with Gasteiger partial charge in [0.25, 0.3) is 0 Å². The molecule has 0 saturated carbocycles. The average molecular weight is 213 g/mol. The van der Waals surface area contributed by atoms with E-state index in [0.717, 1.165) is 6.54 Å². The third-order valence-corrected chi connectivity index (χ3v) is 2.92. The normalized spacial score (nSPS) is 15.4. The quantitative estimate of drug-likeness (QED) is 0.721. The predicted octanol–water partition coefficient (Wildman–Crippen LogP) is 4.23. The summed E-state index contributed by atoms with van der Waals surface area (Å²) in [7, 11) is 0. The maximum absolute atomic E-state index is 3.61. The van der Waals surface area contributed by atoms with E-state index in [4.69, 9.17) is 0 Å². The van der Waals surface area contributed by atoms with Crippen molar-refractivity contribution in [2.45, 2.75) is 73.8 Å². The van der Waals surface area contributed by atoms with E-state index in [1.807, 2.05) is 0 Å². The molecular weight excluding hydrogens is 182 g/mol. The van der Waals surface area contributed by atoms with E-state index in [9.17, 15) is 0 Å². The Morgan fingerprint density at radius 2 is 1.53 bits per heavy atom. The Bertz CT molecular complexity index is 159. The summed E-state index contributed by atoms with van der Waals surface area (Å²) in [6.45, 7) is 17.2. The molecule has 1 heteroatoms. The van der Waals surface area contributed by atoms with Crippen LogP contribution in [0.1, 0.15) is 67.7 Å². The summed E-state index contributed by atoms with van der Waals surface area (Å²) in [6, 6.07) is 0.657. The van der Waals surface area contributed by atoms with Crippen LogP contribution in [0.3, 0.4) is 0 Å². The fourth-order valence-electron chi connectivity index (χ4n) is 1.92. The number of rotatable bonds is 5. The number of hydrogen-bond donors (Lipinski definition) is 1. The molecule has 0 aliphatic carbocycles. The van der Waals surface area contributed by atoms with Crippen LogP contribution >= 0.6 is 0 Å². The highest BCUT2D eigenvalue weighted by molar-refractivity contribution is 4.80. The van der Waals surface area contributed by atoms with E-state index in [1.54, 1.807) is 0 Å². The van der Waals surface area contributed by atoms with Crippen molar-refractivity contribution in [2.75, 3.05) is 6.54 Å². The zero-order valence-electron chi connectivity index (χ0n) is 11.9. The second-order valence-electron chi connectivity index (χ2n) is 6.93. The SMILES string of the molecule is CCNC(CCCC(C)(C)C)C(C)(C)C. The molecule has 0 aromatic carbocycles. The topological polar surface area (TPSA) is 12.0 Å². The number of hydrogen-bond acceptors (Lipinski definition) is 1. The third kappa shape index (κ3) is 7.84. The minimum atomic E-state index is 0.383. The first-order valence-corrected chi connectivity index (χ1v) is 6.40. The fraction of sp³-hybridized carbons (Fsp3) is 1.00. The van der Waals surface area contributed by atoms with Gasteiger partial charge in [-0.15, -0.1) is 0 Å². The van der Waals surface area contributed by atoms with Gasteiger partial charge in [-0.3, -0.25) is 0 Å². The highest BCUT2D eigenvalue weighted by Gasteiger charge is 2.23. The van der Waals surface area contributed by atoms with Gasteiger partial charge in [-0.25, -0.2) is 0 Å². The molecule has 0 aliphatic heterocycles. The fourth-order valence-corrected chi connectivity index (χ4v) is 1.92. The Kier molecular flexibility index (Phi) is 5.87. The molecule has 0 aliphatic rings. The Morgan fingerprint density at radius 3 is 1.87 bits per heavy atom. The van der Waals surface area contributed by atoms with Crippen molar-refractivity contribution in [1.82, 2.24) is 5.32 Å². The summed E-state index contributed by atoms with van der Waals surface area (Å²) in [5.41, 5.74) is 0.864. The minimum Gasteiger partial charge on any atom is -0.314 e. The molecule has 0 fully saturated rings. The van der Waals surface area contributed by atoms with Crippen molar-refractivity contribution in [3.05, 3.63) is 0 Å². The van der Waals surface area contributed by atoms with E-state index < -0.39 is 0 Å². The minimum absolute atomic E-state index is 0.383. The first-order chi connectivity index (χ1) is 6.67. The summed E-state index contributed by atoms with van der Waals surface area (Å²) < 4.78 is 0. The van der Waals surface area contributed by atoms with Crippen molar-refractivity contribution < 1.29 is 0 Å². The molecule has 0 aromatic rings. The second-order valence-corrected chi connectivity index (χ2v) is 6.93.